The van der Waals surface area contributed by atoms with E-state index in [0.717, 1.165) is 30.3 Å². The normalized spacial score (nSPS) is 16.1. The summed E-state index contributed by atoms with van der Waals surface area (Å²) in [5, 5.41) is 16.9. The molecule has 3 rings (SSSR count). The topological polar surface area (TPSA) is 130 Å². The molecule has 3 amide bonds. The maximum absolute atomic E-state index is 13.6. The number of carbonyl (C=O) groups is 3. The first-order chi connectivity index (χ1) is 18.0. The molecule has 0 radical (unpaired) electrons. The zero-order valence-corrected chi connectivity index (χ0v) is 19.7. The smallest absolute Gasteiger partial charge is 0.484 e. The van der Waals surface area contributed by atoms with Crippen LogP contribution in [0.15, 0.2) is 54.2 Å². The third-order valence-electron chi connectivity index (χ3n) is 5.25. The Bertz CT molecular complexity index is 1240. The Morgan fingerprint density at radius 3 is 2.50 bits per heavy atom. The minimum atomic E-state index is -4.86. The van der Waals surface area contributed by atoms with Crippen molar-refractivity contribution in [1.29, 1.82) is 5.26 Å². The Balaban J connectivity index is 1.67. The second-order valence-electron chi connectivity index (χ2n) is 8.14. The van der Waals surface area contributed by atoms with Crippen LogP contribution in [0.1, 0.15) is 18.4 Å². The number of benzene rings is 2. The SMILES string of the molecule is N#C[C@H](C[C@@H]1CCNC1=O)NC(=O)C(=Cc1cccc(F)c1)NC(=O)COc1ccc(OC(F)(F)F)cc1. The number of alkyl halides is 3. The number of halogens is 4. The Labute approximate surface area is 214 Å². The van der Waals surface area contributed by atoms with E-state index in [-0.39, 0.29) is 29.3 Å². The number of nitrogens with zero attached hydrogens (tertiary/aromatic N) is 1. The molecule has 0 unspecified atom stereocenters. The van der Waals surface area contributed by atoms with Gasteiger partial charge in [0, 0.05) is 12.5 Å². The monoisotopic (exact) mass is 534 g/mol. The van der Waals surface area contributed by atoms with Crippen molar-refractivity contribution in [3.63, 3.8) is 0 Å². The van der Waals surface area contributed by atoms with E-state index in [0.29, 0.717) is 13.0 Å². The first kappa shape index (κ1) is 28.0. The van der Waals surface area contributed by atoms with Crippen molar-refractivity contribution in [1.82, 2.24) is 16.0 Å². The predicted molar refractivity (Wildman–Crippen MR) is 124 cm³/mol. The lowest BCUT2D eigenvalue weighted by Crippen LogP contribution is -2.42. The minimum Gasteiger partial charge on any atom is -0.484 e. The van der Waals surface area contributed by atoms with Crippen LogP contribution in [0, 0.1) is 23.1 Å². The molecule has 200 valence electrons. The molecular formula is C25H22F4N4O5. The summed E-state index contributed by atoms with van der Waals surface area (Å²) in [4.78, 5) is 37.3. The molecule has 0 saturated carbocycles. The van der Waals surface area contributed by atoms with E-state index in [1.54, 1.807) is 0 Å². The van der Waals surface area contributed by atoms with Gasteiger partial charge in [0.25, 0.3) is 11.8 Å². The van der Waals surface area contributed by atoms with Crippen LogP contribution in [0.2, 0.25) is 0 Å². The van der Waals surface area contributed by atoms with E-state index < -0.39 is 48.3 Å². The Kier molecular flexibility index (Phi) is 9.26. The third-order valence-corrected chi connectivity index (χ3v) is 5.25. The lowest BCUT2D eigenvalue weighted by atomic mass is 9.99. The summed E-state index contributed by atoms with van der Waals surface area (Å²) in [6, 6.07) is 10.3. The zero-order chi connectivity index (χ0) is 27.7. The number of ether oxygens (including phenoxy) is 2. The Hall–Kier alpha value is -4.60. The quantitative estimate of drug-likeness (QED) is 0.318. The van der Waals surface area contributed by atoms with Crippen LogP contribution in [0.3, 0.4) is 0 Å². The van der Waals surface area contributed by atoms with Crippen LogP contribution in [0.4, 0.5) is 17.6 Å². The van der Waals surface area contributed by atoms with E-state index in [1.165, 1.54) is 24.3 Å². The number of carbonyl (C=O) groups excluding carboxylic acids is 3. The summed E-state index contributed by atoms with van der Waals surface area (Å²) in [5.41, 5.74) is -0.0884. The van der Waals surface area contributed by atoms with Gasteiger partial charge in [-0.05, 0) is 60.9 Å². The average Bonchev–Trinajstić information content (AvgIpc) is 3.26. The van der Waals surface area contributed by atoms with Crippen LogP contribution in [0.5, 0.6) is 11.5 Å². The highest BCUT2D eigenvalue weighted by molar-refractivity contribution is 6.01. The zero-order valence-electron chi connectivity index (χ0n) is 19.7. The Morgan fingerprint density at radius 2 is 1.89 bits per heavy atom. The number of hydrogen-bond acceptors (Lipinski definition) is 6. The molecule has 38 heavy (non-hydrogen) atoms. The maximum atomic E-state index is 13.6. The number of amides is 3. The molecule has 1 aliphatic heterocycles. The molecule has 0 aromatic heterocycles. The fraction of sp³-hybridized carbons (Fsp3) is 0.280. The minimum absolute atomic E-state index is 0.0502. The highest BCUT2D eigenvalue weighted by atomic mass is 19.4. The van der Waals surface area contributed by atoms with Gasteiger partial charge in [0.1, 0.15) is 29.1 Å². The lowest BCUT2D eigenvalue weighted by molar-refractivity contribution is -0.274. The van der Waals surface area contributed by atoms with Crippen molar-refractivity contribution in [2.24, 2.45) is 5.92 Å². The van der Waals surface area contributed by atoms with Gasteiger partial charge < -0.3 is 25.4 Å². The lowest BCUT2D eigenvalue weighted by Gasteiger charge is -2.17. The first-order valence-corrected chi connectivity index (χ1v) is 11.3. The van der Waals surface area contributed by atoms with Crippen LogP contribution in [0.25, 0.3) is 6.08 Å². The number of hydrogen-bond donors (Lipinski definition) is 3. The summed E-state index contributed by atoms with van der Waals surface area (Å²) in [6.07, 6.45) is -3.10. The van der Waals surface area contributed by atoms with Gasteiger partial charge in [-0.3, -0.25) is 14.4 Å². The van der Waals surface area contributed by atoms with E-state index in [1.807, 2.05) is 6.07 Å². The maximum Gasteiger partial charge on any atom is 0.573 e. The van der Waals surface area contributed by atoms with Crippen molar-refractivity contribution in [2.75, 3.05) is 13.2 Å². The van der Waals surface area contributed by atoms with Crippen molar-refractivity contribution < 1.29 is 41.4 Å². The molecular weight excluding hydrogens is 512 g/mol. The fourth-order valence-electron chi connectivity index (χ4n) is 3.53. The summed E-state index contributed by atoms with van der Waals surface area (Å²) in [7, 11) is 0. The number of nitriles is 1. The van der Waals surface area contributed by atoms with Gasteiger partial charge >= 0.3 is 6.36 Å². The molecule has 13 heteroatoms. The average molecular weight is 534 g/mol. The molecule has 1 aliphatic rings. The highest BCUT2D eigenvalue weighted by Crippen LogP contribution is 2.24. The summed E-state index contributed by atoms with van der Waals surface area (Å²) in [5.74, 6) is -3.37. The molecule has 1 fully saturated rings. The predicted octanol–water partition coefficient (Wildman–Crippen LogP) is 2.79. The summed E-state index contributed by atoms with van der Waals surface area (Å²) in [6.45, 7) is -0.161. The Morgan fingerprint density at radius 1 is 1.18 bits per heavy atom. The molecule has 2 aromatic rings. The van der Waals surface area contributed by atoms with Gasteiger partial charge in [-0.1, -0.05) is 12.1 Å². The van der Waals surface area contributed by atoms with E-state index >= 15 is 0 Å². The van der Waals surface area contributed by atoms with E-state index in [9.17, 15) is 37.2 Å². The second-order valence-corrected chi connectivity index (χ2v) is 8.14. The van der Waals surface area contributed by atoms with Crippen molar-refractivity contribution >= 4 is 23.8 Å². The van der Waals surface area contributed by atoms with E-state index in [4.69, 9.17) is 4.74 Å². The first-order valence-electron chi connectivity index (χ1n) is 11.3. The fourth-order valence-corrected chi connectivity index (χ4v) is 3.53. The second kappa shape index (κ2) is 12.6. The van der Waals surface area contributed by atoms with Gasteiger partial charge in [0.05, 0.1) is 6.07 Å². The molecule has 2 atom stereocenters. The largest absolute Gasteiger partial charge is 0.573 e. The van der Waals surface area contributed by atoms with Crippen LogP contribution in [-0.2, 0) is 14.4 Å². The van der Waals surface area contributed by atoms with Gasteiger partial charge in [-0.25, -0.2) is 4.39 Å². The molecule has 0 bridgehead atoms. The number of rotatable bonds is 10. The molecule has 1 heterocycles. The van der Waals surface area contributed by atoms with Gasteiger partial charge in [0.2, 0.25) is 5.91 Å². The standard InChI is InChI=1S/C25H22F4N4O5/c26-17-3-1-2-15(10-17)11-21(24(36)32-18(13-30)12-16-8-9-31-23(16)35)33-22(34)14-37-19-4-6-20(7-5-19)38-25(27,28)29/h1-7,10-11,16,18H,8-9,12,14H2,(H,31,35)(H,32,36)(H,33,34)/t16-,18-/m0/s1. The van der Waals surface area contributed by atoms with Crippen LogP contribution < -0.4 is 25.4 Å². The molecule has 0 spiro atoms. The molecule has 0 aliphatic carbocycles. The highest BCUT2D eigenvalue weighted by Gasteiger charge is 2.31. The molecule has 2 aromatic carbocycles. The molecule has 3 N–H and O–H groups in total. The number of nitrogens with one attached hydrogen (secondary N) is 3. The van der Waals surface area contributed by atoms with Gasteiger partial charge in [0.15, 0.2) is 6.61 Å². The summed E-state index contributed by atoms with van der Waals surface area (Å²) >= 11 is 0. The molecule has 1 saturated heterocycles. The summed E-state index contributed by atoms with van der Waals surface area (Å²) < 4.78 is 59.5. The third kappa shape index (κ3) is 8.81. The van der Waals surface area contributed by atoms with Crippen LogP contribution in [-0.4, -0.2) is 43.3 Å². The van der Waals surface area contributed by atoms with Crippen molar-refractivity contribution in [3.8, 4) is 17.6 Å². The molecule has 9 nitrogen and oxygen atoms in total. The van der Waals surface area contributed by atoms with E-state index in [2.05, 4.69) is 20.7 Å². The van der Waals surface area contributed by atoms with Gasteiger partial charge in [-0.2, -0.15) is 5.26 Å². The van der Waals surface area contributed by atoms with Gasteiger partial charge in [-0.15, -0.1) is 13.2 Å². The van der Waals surface area contributed by atoms with Crippen molar-refractivity contribution in [2.45, 2.75) is 25.2 Å². The van der Waals surface area contributed by atoms with Crippen LogP contribution >= 0.6 is 0 Å². The van der Waals surface area contributed by atoms with Crippen molar-refractivity contribution in [3.05, 3.63) is 65.6 Å².